The van der Waals surface area contributed by atoms with Crippen molar-refractivity contribution in [3.63, 3.8) is 0 Å². The van der Waals surface area contributed by atoms with Gasteiger partial charge in [0.2, 0.25) is 0 Å². The lowest BCUT2D eigenvalue weighted by Gasteiger charge is -2.25. The zero-order valence-electron chi connectivity index (χ0n) is 13.0. The van der Waals surface area contributed by atoms with Crippen LogP contribution in [0.25, 0.3) is 0 Å². The molecule has 0 saturated carbocycles. The van der Waals surface area contributed by atoms with Crippen molar-refractivity contribution in [3.8, 4) is 0 Å². The van der Waals surface area contributed by atoms with E-state index in [1.165, 1.54) is 30.3 Å². The van der Waals surface area contributed by atoms with Crippen molar-refractivity contribution in [2.24, 2.45) is 0 Å². The summed E-state index contributed by atoms with van der Waals surface area (Å²) in [7, 11) is -4.50. The minimum atomic E-state index is -4.84. The molecule has 0 aliphatic heterocycles. The van der Waals surface area contributed by atoms with Crippen LogP contribution >= 0.6 is 0 Å². The van der Waals surface area contributed by atoms with E-state index in [0.29, 0.717) is 6.07 Å². The van der Waals surface area contributed by atoms with Crippen LogP contribution in [0.2, 0.25) is 0 Å². The van der Waals surface area contributed by atoms with E-state index >= 15 is 0 Å². The van der Waals surface area contributed by atoms with Crippen molar-refractivity contribution < 1.29 is 31.5 Å². The topological polar surface area (TPSA) is 74.7 Å². The van der Waals surface area contributed by atoms with Gasteiger partial charge in [-0.15, -0.1) is 0 Å². The van der Waals surface area contributed by atoms with Gasteiger partial charge < -0.3 is 5.11 Å². The molecule has 5 nitrogen and oxygen atoms in total. The number of rotatable bonds is 5. The third-order valence-corrected chi connectivity index (χ3v) is 5.14. The molecule has 0 saturated heterocycles. The average Bonchev–Trinajstić information content (AvgIpc) is 2.52. The van der Waals surface area contributed by atoms with E-state index in [-0.39, 0.29) is 9.20 Å². The maximum Gasteiger partial charge on any atom is 0.418 e. The van der Waals surface area contributed by atoms with Crippen LogP contribution in [-0.2, 0) is 21.0 Å². The summed E-state index contributed by atoms with van der Waals surface area (Å²) in [5.41, 5.74) is -1.22. The van der Waals surface area contributed by atoms with Crippen LogP contribution in [0.3, 0.4) is 0 Å². The Morgan fingerprint density at radius 3 is 2.16 bits per heavy atom. The Kier molecular flexibility index (Phi) is 5.07. The van der Waals surface area contributed by atoms with E-state index in [1.807, 2.05) is 0 Å². The Bertz CT molecular complexity index is 877. The fourth-order valence-corrected chi connectivity index (χ4v) is 3.62. The predicted octanol–water partition coefficient (Wildman–Crippen LogP) is 3.29. The molecular formula is C16H14F3NO4S. The Hall–Kier alpha value is -2.55. The number of halogens is 3. The summed E-state index contributed by atoms with van der Waals surface area (Å²) in [5, 5.41) is 9.01. The third-order valence-electron chi connectivity index (χ3n) is 3.37. The highest BCUT2D eigenvalue weighted by atomic mass is 32.2. The molecule has 0 spiro atoms. The number of sulfonamides is 1. The molecule has 1 N–H and O–H groups in total. The van der Waals surface area contributed by atoms with Crippen LogP contribution in [0.4, 0.5) is 18.9 Å². The van der Waals surface area contributed by atoms with Crippen LogP contribution in [-0.4, -0.2) is 26.0 Å². The fraction of sp³-hybridized carbons (Fsp3) is 0.188. The molecule has 0 radical (unpaired) electrons. The Morgan fingerprint density at radius 1 is 1.08 bits per heavy atom. The normalized spacial score (nSPS) is 12.0. The number of benzene rings is 2. The Labute approximate surface area is 142 Å². The van der Waals surface area contributed by atoms with Crippen molar-refractivity contribution in [1.29, 1.82) is 0 Å². The van der Waals surface area contributed by atoms with E-state index in [0.717, 1.165) is 17.7 Å². The number of anilines is 1. The molecule has 134 valence electrons. The number of alkyl halides is 3. The molecule has 0 aromatic heterocycles. The van der Waals surface area contributed by atoms with Crippen LogP contribution < -0.4 is 4.31 Å². The van der Waals surface area contributed by atoms with Gasteiger partial charge in [-0.2, -0.15) is 13.2 Å². The summed E-state index contributed by atoms with van der Waals surface area (Å²) in [6.45, 7) is 0.577. The van der Waals surface area contributed by atoms with Crippen LogP contribution in [0.15, 0.2) is 53.4 Å². The van der Waals surface area contributed by atoms with Gasteiger partial charge in [-0.1, -0.05) is 29.8 Å². The van der Waals surface area contributed by atoms with Gasteiger partial charge in [0.25, 0.3) is 10.0 Å². The van der Waals surface area contributed by atoms with Crippen molar-refractivity contribution in [3.05, 3.63) is 59.7 Å². The molecule has 2 rings (SSSR count). The number of hydrogen-bond acceptors (Lipinski definition) is 3. The van der Waals surface area contributed by atoms with Gasteiger partial charge in [-0.25, -0.2) is 8.42 Å². The minimum Gasteiger partial charge on any atom is -0.480 e. The SMILES string of the molecule is Cc1ccc(S(=O)(=O)N(CC(=O)O)c2ccccc2C(F)(F)F)cc1. The molecule has 0 aliphatic carbocycles. The summed E-state index contributed by atoms with van der Waals surface area (Å²) in [6, 6.07) is 9.33. The van der Waals surface area contributed by atoms with Crippen molar-refractivity contribution in [1.82, 2.24) is 0 Å². The molecule has 25 heavy (non-hydrogen) atoms. The minimum absolute atomic E-state index is 0.253. The molecule has 2 aromatic rings. The largest absolute Gasteiger partial charge is 0.480 e. The summed E-state index contributed by atoms with van der Waals surface area (Å²) in [6.07, 6.45) is -4.84. The van der Waals surface area contributed by atoms with E-state index in [2.05, 4.69) is 0 Å². The molecule has 0 unspecified atom stereocenters. The van der Waals surface area contributed by atoms with Crippen molar-refractivity contribution in [2.45, 2.75) is 18.0 Å². The van der Waals surface area contributed by atoms with Gasteiger partial charge in [0.1, 0.15) is 6.54 Å². The lowest BCUT2D eigenvalue weighted by molar-refractivity contribution is -0.138. The number of hydrogen-bond donors (Lipinski definition) is 1. The van der Waals surface area contributed by atoms with Gasteiger partial charge >= 0.3 is 12.1 Å². The summed E-state index contributed by atoms with van der Waals surface area (Å²) in [5.74, 6) is -1.58. The Morgan fingerprint density at radius 2 is 1.64 bits per heavy atom. The number of para-hydroxylation sites is 1. The molecule has 0 heterocycles. The first-order valence-corrected chi connectivity index (χ1v) is 8.45. The summed E-state index contributed by atoms with van der Waals surface area (Å²) in [4.78, 5) is 10.8. The van der Waals surface area contributed by atoms with E-state index < -0.39 is 40.0 Å². The van der Waals surface area contributed by atoms with Gasteiger partial charge in [0.05, 0.1) is 16.1 Å². The standard InChI is InChI=1S/C16H14F3NO4S/c1-11-6-8-12(9-7-11)25(23,24)20(10-15(21)22)14-5-3-2-4-13(14)16(17,18)19/h2-9H,10H2,1H3,(H,21,22). The van der Waals surface area contributed by atoms with Crippen LogP contribution in [0, 0.1) is 6.92 Å². The highest BCUT2D eigenvalue weighted by molar-refractivity contribution is 7.92. The zero-order valence-corrected chi connectivity index (χ0v) is 13.8. The van der Waals surface area contributed by atoms with E-state index in [9.17, 15) is 26.4 Å². The number of aryl methyl sites for hydroxylation is 1. The van der Waals surface area contributed by atoms with Gasteiger partial charge in [-0.3, -0.25) is 9.10 Å². The van der Waals surface area contributed by atoms with Crippen LogP contribution in [0.1, 0.15) is 11.1 Å². The smallest absolute Gasteiger partial charge is 0.418 e. The summed E-state index contributed by atoms with van der Waals surface area (Å²) >= 11 is 0. The van der Waals surface area contributed by atoms with E-state index in [1.54, 1.807) is 6.92 Å². The highest BCUT2D eigenvalue weighted by Crippen LogP contribution is 2.38. The molecular weight excluding hydrogens is 359 g/mol. The number of aliphatic carboxylic acids is 1. The average molecular weight is 373 g/mol. The first kappa shape index (κ1) is 18.8. The molecule has 9 heteroatoms. The van der Waals surface area contributed by atoms with E-state index in [4.69, 9.17) is 5.11 Å². The Balaban J connectivity index is 2.66. The maximum atomic E-state index is 13.2. The molecule has 0 atom stereocenters. The lowest BCUT2D eigenvalue weighted by Crippen LogP contribution is -2.37. The second kappa shape index (κ2) is 6.75. The third kappa shape index (κ3) is 4.11. The highest BCUT2D eigenvalue weighted by Gasteiger charge is 2.38. The first-order chi connectivity index (χ1) is 11.5. The zero-order chi connectivity index (χ0) is 18.8. The predicted molar refractivity (Wildman–Crippen MR) is 84.8 cm³/mol. The fourth-order valence-electron chi connectivity index (χ4n) is 2.19. The van der Waals surface area contributed by atoms with Gasteiger partial charge in [0.15, 0.2) is 0 Å². The number of carbonyl (C=O) groups is 1. The molecule has 2 aromatic carbocycles. The van der Waals surface area contributed by atoms with Gasteiger partial charge in [0, 0.05) is 0 Å². The summed E-state index contributed by atoms with van der Waals surface area (Å²) < 4.78 is 65.4. The monoisotopic (exact) mass is 373 g/mol. The second-order valence-electron chi connectivity index (χ2n) is 5.23. The molecule has 0 fully saturated rings. The van der Waals surface area contributed by atoms with Crippen molar-refractivity contribution >= 4 is 21.7 Å². The maximum absolute atomic E-state index is 13.2. The molecule has 0 bridgehead atoms. The number of carboxylic acid groups (broad SMARTS) is 1. The second-order valence-corrected chi connectivity index (χ2v) is 7.10. The molecule has 0 amide bonds. The lowest BCUT2D eigenvalue weighted by atomic mass is 10.1. The number of carboxylic acids is 1. The van der Waals surface area contributed by atoms with Gasteiger partial charge in [-0.05, 0) is 31.2 Å². The van der Waals surface area contributed by atoms with Crippen LogP contribution in [0.5, 0.6) is 0 Å². The first-order valence-electron chi connectivity index (χ1n) is 7.01. The van der Waals surface area contributed by atoms with Crippen molar-refractivity contribution in [2.75, 3.05) is 10.8 Å². The number of nitrogens with zero attached hydrogens (tertiary/aromatic N) is 1. The molecule has 0 aliphatic rings. The quantitative estimate of drug-likeness (QED) is 0.873.